The first kappa shape index (κ1) is 48.7. The van der Waals surface area contributed by atoms with Crippen LogP contribution >= 0.6 is 0 Å². The number of alkyl halides is 3. The van der Waals surface area contributed by atoms with Gasteiger partial charge in [0, 0.05) is 63.9 Å². The average molecular weight is 948 g/mol. The number of fused-ring (bicyclic) bond motifs is 2. The molecule has 68 heavy (non-hydrogen) atoms. The summed E-state index contributed by atoms with van der Waals surface area (Å²) in [6, 6.07) is 14.0. The molecule has 20 heteroatoms. The largest absolute Gasteiger partial charge is 0.491 e. The van der Waals surface area contributed by atoms with Gasteiger partial charge in [-0.05, 0) is 92.1 Å². The Morgan fingerprint density at radius 3 is 2.18 bits per heavy atom. The molecule has 4 aromatic rings. The molecule has 3 aliphatic heterocycles. The van der Waals surface area contributed by atoms with Gasteiger partial charge in [0.05, 0.1) is 67.4 Å². The van der Waals surface area contributed by atoms with E-state index in [0.717, 1.165) is 86.5 Å². The molecule has 0 radical (unpaired) electrons. The van der Waals surface area contributed by atoms with Crippen molar-refractivity contribution in [1.29, 1.82) is 0 Å². The predicted octanol–water partition coefficient (Wildman–Crippen LogP) is 4.68. The third-order valence-electron chi connectivity index (χ3n) is 12.9. The summed E-state index contributed by atoms with van der Waals surface area (Å²) in [7, 11) is 0. The smallest absolute Gasteiger partial charge is 0.416 e. The minimum atomic E-state index is -4.58. The lowest BCUT2D eigenvalue weighted by Crippen LogP contribution is -2.54. The van der Waals surface area contributed by atoms with Crippen LogP contribution in [0.25, 0.3) is 11.0 Å². The first-order chi connectivity index (χ1) is 32.9. The lowest BCUT2D eigenvalue weighted by molar-refractivity contribution is -0.138. The Morgan fingerprint density at radius 2 is 1.47 bits per heavy atom. The molecule has 0 spiro atoms. The number of rotatable bonds is 20. The summed E-state index contributed by atoms with van der Waals surface area (Å²) in [5.41, 5.74) is 1.92. The number of aliphatic hydroxyl groups is 1. The number of carbonyl (C=O) groups is 5. The molecular weight excluding hydrogens is 892 g/mol. The van der Waals surface area contributed by atoms with E-state index >= 15 is 0 Å². The number of piperidine rings is 1. The van der Waals surface area contributed by atoms with Crippen molar-refractivity contribution in [2.45, 2.75) is 63.3 Å². The van der Waals surface area contributed by atoms with Gasteiger partial charge in [-0.25, -0.2) is 4.98 Å². The zero-order chi connectivity index (χ0) is 47.8. The number of nitrogens with one attached hydrogen (secondary N) is 2. The van der Waals surface area contributed by atoms with Gasteiger partial charge in [0.2, 0.25) is 17.8 Å². The average Bonchev–Trinajstić information content (AvgIpc) is 3.81. The van der Waals surface area contributed by atoms with E-state index in [-0.39, 0.29) is 61.3 Å². The molecule has 5 amide bonds. The second kappa shape index (κ2) is 22.1. The monoisotopic (exact) mass is 947 g/mol. The summed E-state index contributed by atoms with van der Waals surface area (Å²) < 4.78 is 65.0. The zero-order valence-corrected chi connectivity index (χ0v) is 37.6. The fraction of sp³-hybridized carbons (Fsp3) is 0.500. The van der Waals surface area contributed by atoms with Crippen molar-refractivity contribution in [1.82, 2.24) is 29.6 Å². The van der Waals surface area contributed by atoms with E-state index < -0.39 is 47.3 Å². The van der Waals surface area contributed by atoms with Crippen molar-refractivity contribution < 1.29 is 61.2 Å². The second-order valence-corrected chi connectivity index (χ2v) is 17.5. The standard InChI is InChI=1S/C48H56F3N7O10/c49-48(50,51)34-3-1-2-33(27-34)43(61)54-47-52-39-26-32(6-11-40(39)57(47)35-7-4-31(30-59)5-8-35)29-56-16-14-55(15-17-56)18-19-65-20-21-66-22-23-67-24-25-68-36-9-10-37-38(28-36)46(64)58(45(37)63)41-12-13-42(60)53-44(41)62/h1-3,6,9-11,26-28,31,35,41,59H,4-5,7-8,12-25,29-30H2,(H,52,54,61)(H,53,60,62)/t31-,35+,41?. The van der Waals surface area contributed by atoms with Gasteiger partial charge in [0.15, 0.2) is 0 Å². The summed E-state index contributed by atoms with van der Waals surface area (Å²) in [5, 5.41) is 14.7. The third kappa shape index (κ3) is 11.7. The Balaban J connectivity index is 0.707. The van der Waals surface area contributed by atoms with Crippen LogP contribution in [0.3, 0.4) is 0 Å². The SMILES string of the molecule is O=C1CCC(N2C(=O)c3ccc(OCCOCCOCCOCCN4CCN(Cc5ccc6c(c5)nc(NC(=O)c5cccc(C(F)(F)F)c5)n6[C@H]5CC[C@@H](CO)CC5)CC4)cc3C2=O)C(=O)N1. The topological polar surface area (TPSA) is 194 Å². The number of hydrogen-bond donors (Lipinski definition) is 3. The molecule has 364 valence electrons. The molecule has 3 N–H and O–H groups in total. The van der Waals surface area contributed by atoms with Crippen molar-refractivity contribution in [3.05, 3.63) is 88.5 Å². The molecule has 1 atom stereocenters. The van der Waals surface area contributed by atoms with Crippen LogP contribution in [0.5, 0.6) is 5.75 Å². The van der Waals surface area contributed by atoms with Crippen LogP contribution in [-0.4, -0.2) is 151 Å². The molecule has 2 saturated heterocycles. The number of aliphatic hydroxyl groups excluding tert-OH is 1. The molecule has 8 rings (SSSR count). The highest BCUT2D eigenvalue weighted by atomic mass is 19.4. The quantitative estimate of drug-likeness (QED) is 0.0818. The van der Waals surface area contributed by atoms with Gasteiger partial charge in [0.25, 0.3) is 17.7 Å². The molecular formula is C48H56F3N7O10. The maximum Gasteiger partial charge on any atom is 0.416 e. The minimum absolute atomic E-state index is 0.00992. The Morgan fingerprint density at radius 1 is 0.779 bits per heavy atom. The van der Waals surface area contributed by atoms with Crippen LogP contribution in [0, 0.1) is 5.92 Å². The summed E-state index contributed by atoms with van der Waals surface area (Å²) in [5.74, 6) is -2.05. The van der Waals surface area contributed by atoms with E-state index in [9.17, 15) is 42.3 Å². The first-order valence-electron chi connectivity index (χ1n) is 23.1. The normalized spacial score (nSPS) is 20.5. The van der Waals surface area contributed by atoms with Gasteiger partial charge < -0.3 is 28.6 Å². The van der Waals surface area contributed by atoms with E-state index in [4.69, 9.17) is 23.9 Å². The van der Waals surface area contributed by atoms with Crippen molar-refractivity contribution in [2.75, 3.05) is 90.9 Å². The number of piperazine rings is 1. The first-order valence-corrected chi connectivity index (χ1v) is 23.1. The van der Waals surface area contributed by atoms with Gasteiger partial charge in [-0.2, -0.15) is 13.2 Å². The lowest BCUT2D eigenvalue weighted by Gasteiger charge is -2.34. The lowest BCUT2D eigenvalue weighted by atomic mass is 9.86. The molecule has 1 saturated carbocycles. The molecule has 1 aromatic heterocycles. The molecule has 3 aromatic carbocycles. The van der Waals surface area contributed by atoms with Crippen molar-refractivity contribution in [2.24, 2.45) is 5.92 Å². The number of halogens is 3. The van der Waals surface area contributed by atoms with Crippen LogP contribution < -0.4 is 15.4 Å². The fourth-order valence-corrected chi connectivity index (χ4v) is 9.22. The van der Waals surface area contributed by atoms with E-state index in [1.807, 2.05) is 16.7 Å². The molecule has 4 heterocycles. The van der Waals surface area contributed by atoms with Crippen LogP contribution in [0.15, 0.2) is 60.7 Å². The maximum absolute atomic E-state index is 13.4. The minimum Gasteiger partial charge on any atom is -0.491 e. The third-order valence-corrected chi connectivity index (χ3v) is 12.9. The van der Waals surface area contributed by atoms with Gasteiger partial charge in [-0.15, -0.1) is 0 Å². The van der Waals surface area contributed by atoms with E-state index in [0.29, 0.717) is 56.8 Å². The summed E-state index contributed by atoms with van der Waals surface area (Å²) >= 11 is 0. The van der Waals surface area contributed by atoms with Crippen LogP contribution in [0.2, 0.25) is 0 Å². The highest BCUT2D eigenvalue weighted by molar-refractivity contribution is 6.23. The number of aromatic nitrogens is 2. The maximum atomic E-state index is 13.4. The number of anilines is 1. The molecule has 1 unspecified atom stereocenters. The van der Waals surface area contributed by atoms with E-state index in [1.54, 1.807) is 6.07 Å². The highest BCUT2D eigenvalue weighted by Gasteiger charge is 2.45. The van der Waals surface area contributed by atoms with Gasteiger partial charge in [-0.1, -0.05) is 12.1 Å². The summed E-state index contributed by atoms with van der Waals surface area (Å²) in [4.78, 5) is 73.5. The molecule has 3 fully saturated rings. The van der Waals surface area contributed by atoms with E-state index in [2.05, 4.69) is 26.5 Å². The number of amides is 5. The number of benzene rings is 3. The van der Waals surface area contributed by atoms with Crippen molar-refractivity contribution >= 4 is 46.5 Å². The number of hydrogen-bond acceptors (Lipinski definition) is 13. The number of imide groups is 2. The van der Waals surface area contributed by atoms with Gasteiger partial charge in [-0.3, -0.25) is 49.3 Å². The van der Waals surface area contributed by atoms with Gasteiger partial charge >= 0.3 is 6.18 Å². The number of imidazole rings is 1. The Labute approximate surface area is 390 Å². The van der Waals surface area contributed by atoms with Crippen LogP contribution in [-0.2, 0) is 36.5 Å². The second-order valence-electron chi connectivity index (χ2n) is 17.5. The predicted molar refractivity (Wildman–Crippen MR) is 240 cm³/mol. The Bertz CT molecular complexity index is 2470. The number of carbonyl (C=O) groups excluding carboxylic acids is 5. The number of nitrogens with zero attached hydrogens (tertiary/aromatic N) is 5. The molecule has 4 aliphatic rings. The van der Waals surface area contributed by atoms with E-state index in [1.165, 1.54) is 24.3 Å². The number of ether oxygens (including phenoxy) is 4. The van der Waals surface area contributed by atoms with Gasteiger partial charge in [0.1, 0.15) is 18.4 Å². The highest BCUT2D eigenvalue weighted by Crippen LogP contribution is 2.38. The Kier molecular flexibility index (Phi) is 15.8. The van der Waals surface area contributed by atoms with Crippen molar-refractivity contribution in [3.8, 4) is 5.75 Å². The van der Waals surface area contributed by atoms with Crippen LogP contribution in [0.1, 0.15) is 86.8 Å². The molecule has 17 nitrogen and oxygen atoms in total. The zero-order valence-electron chi connectivity index (χ0n) is 37.6. The molecule has 0 bridgehead atoms. The Hall–Kier alpha value is -5.77. The fourth-order valence-electron chi connectivity index (χ4n) is 9.22. The summed E-state index contributed by atoms with van der Waals surface area (Å²) in [6.45, 7) is 7.76. The molecule has 1 aliphatic carbocycles. The summed E-state index contributed by atoms with van der Waals surface area (Å²) in [6.07, 6.45) is -1.25. The van der Waals surface area contributed by atoms with Crippen LogP contribution in [0.4, 0.5) is 19.1 Å². The van der Waals surface area contributed by atoms with Crippen molar-refractivity contribution in [3.63, 3.8) is 0 Å².